The predicted octanol–water partition coefficient (Wildman–Crippen LogP) is 2.10. The van der Waals surface area contributed by atoms with E-state index in [1.165, 1.54) is 50.4 Å². The molecule has 0 bridgehead atoms. The van der Waals surface area contributed by atoms with Crippen molar-refractivity contribution in [1.82, 2.24) is 0 Å². The number of benzene rings is 2. The van der Waals surface area contributed by atoms with Crippen LogP contribution in [0, 0.1) is 0 Å². The maximum Gasteiger partial charge on any atom is 0.265 e. The number of methoxy groups -OCH3 is 1. The summed E-state index contributed by atoms with van der Waals surface area (Å²) in [4.78, 5) is 10.8. The number of sulfonamides is 1. The van der Waals surface area contributed by atoms with Crippen LogP contribution in [0.3, 0.4) is 0 Å². The summed E-state index contributed by atoms with van der Waals surface area (Å²) in [6, 6.07) is 9.47. The van der Waals surface area contributed by atoms with E-state index in [1.807, 2.05) is 0 Å². The molecule has 0 spiro atoms. The topological polar surface area (TPSA) is 107 Å². The first kappa shape index (κ1) is 18.9. The van der Waals surface area contributed by atoms with Gasteiger partial charge in [-0.25, -0.2) is 16.8 Å². The fourth-order valence-electron chi connectivity index (χ4n) is 2.08. The molecule has 2 aromatic rings. The van der Waals surface area contributed by atoms with E-state index in [1.54, 1.807) is 0 Å². The maximum atomic E-state index is 12.6. The summed E-state index contributed by atoms with van der Waals surface area (Å²) in [5.74, 6) is -0.128. The Morgan fingerprint density at radius 2 is 1.60 bits per heavy atom. The summed E-state index contributed by atoms with van der Waals surface area (Å²) in [7, 11) is -6.39. The summed E-state index contributed by atoms with van der Waals surface area (Å²) in [5.41, 5.74) is 0.677. The van der Waals surface area contributed by atoms with Crippen molar-refractivity contribution in [2.45, 2.75) is 16.7 Å². The molecule has 0 aliphatic rings. The van der Waals surface area contributed by atoms with E-state index in [0.29, 0.717) is 5.56 Å². The number of ketones is 1. The molecule has 0 amide bonds. The zero-order chi connectivity index (χ0) is 18.8. The summed E-state index contributed by atoms with van der Waals surface area (Å²) in [6.07, 6.45) is 0.985. The SMILES string of the molecule is COc1ccc(S(C)(=O)=O)cc1S(=O)(=O)Nc1ccc(C(C)=O)cc1. The number of carbonyl (C=O) groups excluding carboxylic acids is 1. The van der Waals surface area contributed by atoms with Gasteiger partial charge in [0.1, 0.15) is 10.6 Å². The van der Waals surface area contributed by atoms with Crippen LogP contribution >= 0.6 is 0 Å². The van der Waals surface area contributed by atoms with Gasteiger partial charge in [-0.2, -0.15) is 0 Å². The van der Waals surface area contributed by atoms with Gasteiger partial charge in [0, 0.05) is 17.5 Å². The fourth-order valence-corrected chi connectivity index (χ4v) is 4.06. The van der Waals surface area contributed by atoms with E-state index < -0.39 is 19.9 Å². The Bertz CT molecular complexity index is 1010. The van der Waals surface area contributed by atoms with Crippen LogP contribution in [0.5, 0.6) is 5.75 Å². The van der Waals surface area contributed by atoms with Crippen molar-refractivity contribution in [2.24, 2.45) is 0 Å². The van der Waals surface area contributed by atoms with Gasteiger partial charge in [-0.3, -0.25) is 9.52 Å². The zero-order valence-electron chi connectivity index (χ0n) is 13.8. The number of Topliss-reactive ketones (excluding diaryl/α,β-unsaturated/α-hetero) is 1. The minimum absolute atomic E-state index is 0.0141. The molecule has 2 aromatic carbocycles. The van der Waals surface area contributed by atoms with Gasteiger partial charge >= 0.3 is 0 Å². The Morgan fingerprint density at radius 3 is 2.08 bits per heavy atom. The van der Waals surface area contributed by atoms with Gasteiger partial charge in [0.15, 0.2) is 15.6 Å². The Balaban J connectivity index is 2.46. The molecule has 0 unspecified atom stereocenters. The third kappa shape index (κ3) is 4.37. The highest BCUT2D eigenvalue weighted by Gasteiger charge is 2.22. The Labute approximate surface area is 146 Å². The molecule has 0 aliphatic heterocycles. The number of sulfone groups is 1. The first-order valence-electron chi connectivity index (χ1n) is 7.06. The van der Waals surface area contributed by atoms with Crippen molar-refractivity contribution in [3.63, 3.8) is 0 Å². The van der Waals surface area contributed by atoms with Gasteiger partial charge in [0.05, 0.1) is 12.0 Å². The van der Waals surface area contributed by atoms with Gasteiger partial charge in [-0.15, -0.1) is 0 Å². The van der Waals surface area contributed by atoms with Crippen LogP contribution in [0.4, 0.5) is 5.69 Å². The molecule has 0 heterocycles. The molecule has 25 heavy (non-hydrogen) atoms. The van der Waals surface area contributed by atoms with E-state index >= 15 is 0 Å². The number of hydrogen-bond donors (Lipinski definition) is 1. The largest absolute Gasteiger partial charge is 0.495 e. The normalized spacial score (nSPS) is 11.8. The molecule has 0 saturated carbocycles. The molecule has 0 saturated heterocycles. The monoisotopic (exact) mass is 383 g/mol. The molecule has 0 fully saturated rings. The number of ether oxygens (including phenoxy) is 1. The quantitative estimate of drug-likeness (QED) is 0.766. The summed E-state index contributed by atoms with van der Waals surface area (Å²) in [6.45, 7) is 1.40. The lowest BCUT2D eigenvalue weighted by Crippen LogP contribution is -2.15. The lowest BCUT2D eigenvalue weighted by Gasteiger charge is -2.13. The standard InChI is InChI=1S/C16H17NO6S2/c1-11(18)12-4-6-13(7-5-12)17-25(21,22)16-10-14(24(3,19)20)8-9-15(16)23-2/h4-10,17H,1-3H3. The number of anilines is 1. The van der Waals surface area contributed by atoms with E-state index in [2.05, 4.69) is 4.72 Å². The highest BCUT2D eigenvalue weighted by atomic mass is 32.2. The number of carbonyl (C=O) groups is 1. The molecule has 2 rings (SSSR count). The summed E-state index contributed by atoms with van der Waals surface area (Å²) < 4.78 is 56.0. The van der Waals surface area contributed by atoms with E-state index in [0.717, 1.165) is 12.3 Å². The van der Waals surface area contributed by atoms with Crippen molar-refractivity contribution in [2.75, 3.05) is 18.1 Å². The third-order valence-electron chi connectivity index (χ3n) is 3.40. The van der Waals surface area contributed by atoms with Gasteiger partial charge in [0.25, 0.3) is 10.0 Å². The van der Waals surface area contributed by atoms with Crippen LogP contribution in [-0.2, 0) is 19.9 Å². The highest BCUT2D eigenvalue weighted by Crippen LogP contribution is 2.28. The van der Waals surface area contributed by atoms with Crippen molar-refractivity contribution in [3.05, 3.63) is 48.0 Å². The first-order valence-corrected chi connectivity index (χ1v) is 10.4. The second kappa shape index (κ2) is 6.85. The number of hydrogen-bond acceptors (Lipinski definition) is 6. The zero-order valence-corrected chi connectivity index (χ0v) is 15.4. The van der Waals surface area contributed by atoms with Crippen LogP contribution in [0.15, 0.2) is 52.3 Å². The van der Waals surface area contributed by atoms with Gasteiger partial charge in [-0.05, 0) is 49.4 Å². The molecule has 0 aromatic heterocycles. The van der Waals surface area contributed by atoms with E-state index in [4.69, 9.17) is 4.74 Å². The Morgan fingerprint density at radius 1 is 1.00 bits per heavy atom. The van der Waals surface area contributed by atoms with Crippen LogP contribution in [0.25, 0.3) is 0 Å². The smallest absolute Gasteiger partial charge is 0.265 e. The van der Waals surface area contributed by atoms with Crippen molar-refractivity contribution >= 4 is 31.3 Å². The molecule has 0 aliphatic carbocycles. The molecule has 7 nitrogen and oxygen atoms in total. The van der Waals surface area contributed by atoms with Gasteiger partial charge in [-0.1, -0.05) is 0 Å². The molecular formula is C16H17NO6S2. The Kier molecular flexibility index (Phi) is 5.19. The molecular weight excluding hydrogens is 366 g/mol. The summed E-state index contributed by atoms with van der Waals surface area (Å²) >= 11 is 0. The predicted molar refractivity (Wildman–Crippen MR) is 93.4 cm³/mol. The first-order chi connectivity index (χ1) is 11.5. The van der Waals surface area contributed by atoms with Gasteiger partial charge < -0.3 is 4.74 Å². The van der Waals surface area contributed by atoms with Crippen molar-refractivity contribution in [3.8, 4) is 5.75 Å². The molecule has 134 valence electrons. The minimum Gasteiger partial charge on any atom is -0.495 e. The second-order valence-corrected chi connectivity index (χ2v) is 8.99. The van der Waals surface area contributed by atoms with Crippen LogP contribution in [0.2, 0.25) is 0 Å². The third-order valence-corrected chi connectivity index (χ3v) is 5.91. The maximum absolute atomic E-state index is 12.6. The van der Waals surface area contributed by atoms with E-state index in [9.17, 15) is 21.6 Å². The van der Waals surface area contributed by atoms with Crippen LogP contribution in [-0.4, -0.2) is 36.0 Å². The highest BCUT2D eigenvalue weighted by molar-refractivity contribution is 7.93. The van der Waals surface area contributed by atoms with Crippen LogP contribution in [0.1, 0.15) is 17.3 Å². The number of nitrogens with one attached hydrogen (secondary N) is 1. The second-order valence-electron chi connectivity index (χ2n) is 5.32. The van der Waals surface area contributed by atoms with Crippen molar-refractivity contribution in [1.29, 1.82) is 0 Å². The average molecular weight is 383 g/mol. The Hall–Kier alpha value is -2.39. The average Bonchev–Trinajstić information content (AvgIpc) is 2.53. The molecule has 0 atom stereocenters. The fraction of sp³-hybridized carbons (Fsp3) is 0.188. The minimum atomic E-state index is -4.10. The van der Waals surface area contributed by atoms with E-state index in [-0.39, 0.29) is 27.0 Å². The van der Waals surface area contributed by atoms with Crippen LogP contribution < -0.4 is 9.46 Å². The molecule has 0 radical (unpaired) electrons. The van der Waals surface area contributed by atoms with Crippen molar-refractivity contribution < 1.29 is 26.4 Å². The lowest BCUT2D eigenvalue weighted by molar-refractivity contribution is 0.101. The molecule has 9 heteroatoms. The summed E-state index contributed by atoms with van der Waals surface area (Å²) in [5, 5.41) is 0. The lowest BCUT2D eigenvalue weighted by atomic mass is 10.1. The molecule has 1 N–H and O–H groups in total. The number of rotatable bonds is 6. The van der Waals surface area contributed by atoms with Gasteiger partial charge in [0.2, 0.25) is 0 Å².